The largest absolute Gasteiger partial charge is 0.481 e. The standard InChI is InChI=1S/C12H15N3O5/c1-2-7(12(17)18)6-14-9-4-3-8(11(13)16)5-10(9)15(19)20/h3-5,7,14H,2,6H2,1H3,(H2,13,16)(H,17,18). The van der Waals surface area contributed by atoms with Crippen LogP contribution in [0.3, 0.4) is 0 Å². The first-order valence-electron chi connectivity index (χ1n) is 5.91. The third-order valence-electron chi connectivity index (χ3n) is 2.86. The minimum atomic E-state index is -0.976. The Morgan fingerprint density at radius 1 is 1.50 bits per heavy atom. The molecule has 1 aromatic carbocycles. The highest BCUT2D eigenvalue weighted by atomic mass is 16.6. The predicted octanol–water partition coefficient (Wildman–Crippen LogP) is 1.22. The number of hydrogen-bond acceptors (Lipinski definition) is 5. The number of carboxylic acid groups (broad SMARTS) is 1. The van der Waals surface area contributed by atoms with E-state index >= 15 is 0 Å². The molecule has 0 aliphatic rings. The van der Waals surface area contributed by atoms with Crippen LogP contribution in [0, 0.1) is 16.0 Å². The zero-order chi connectivity index (χ0) is 15.3. The van der Waals surface area contributed by atoms with E-state index in [1.807, 2.05) is 0 Å². The quantitative estimate of drug-likeness (QED) is 0.507. The van der Waals surface area contributed by atoms with Crippen LogP contribution >= 0.6 is 0 Å². The predicted molar refractivity (Wildman–Crippen MR) is 71.5 cm³/mol. The summed E-state index contributed by atoms with van der Waals surface area (Å²) in [6.45, 7) is 1.77. The molecule has 8 heteroatoms. The molecule has 0 heterocycles. The number of carboxylic acids is 1. The highest BCUT2D eigenvalue weighted by molar-refractivity contribution is 5.94. The first kappa shape index (κ1) is 15.4. The van der Waals surface area contributed by atoms with Crippen LogP contribution in [0.15, 0.2) is 18.2 Å². The maximum absolute atomic E-state index is 11.0. The van der Waals surface area contributed by atoms with Gasteiger partial charge >= 0.3 is 5.97 Å². The summed E-state index contributed by atoms with van der Waals surface area (Å²) in [5.74, 6) is -2.39. The molecule has 0 spiro atoms. The number of nitrogens with one attached hydrogen (secondary N) is 1. The van der Waals surface area contributed by atoms with Crippen molar-refractivity contribution in [1.82, 2.24) is 0 Å². The number of aliphatic carboxylic acids is 1. The van der Waals surface area contributed by atoms with Crippen LogP contribution in [0.4, 0.5) is 11.4 Å². The van der Waals surface area contributed by atoms with Gasteiger partial charge in [0.05, 0.1) is 10.8 Å². The van der Waals surface area contributed by atoms with Crippen molar-refractivity contribution in [2.45, 2.75) is 13.3 Å². The summed E-state index contributed by atoms with van der Waals surface area (Å²) in [5.41, 5.74) is 4.91. The zero-order valence-electron chi connectivity index (χ0n) is 10.8. The second-order valence-electron chi connectivity index (χ2n) is 4.18. The van der Waals surface area contributed by atoms with E-state index in [4.69, 9.17) is 10.8 Å². The first-order valence-corrected chi connectivity index (χ1v) is 5.91. The van der Waals surface area contributed by atoms with Crippen LogP contribution < -0.4 is 11.1 Å². The van der Waals surface area contributed by atoms with Crippen LogP contribution in [0.5, 0.6) is 0 Å². The molecular weight excluding hydrogens is 266 g/mol. The number of carbonyl (C=O) groups excluding carboxylic acids is 1. The van der Waals surface area contributed by atoms with Crippen molar-refractivity contribution in [1.29, 1.82) is 0 Å². The van der Waals surface area contributed by atoms with Gasteiger partial charge in [-0.15, -0.1) is 0 Å². The number of nitro groups is 1. The molecule has 108 valence electrons. The molecule has 20 heavy (non-hydrogen) atoms. The minimum Gasteiger partial charge on any atom is -0.481 e. The molecule has 1 atom stereocenters. The molecule has 0 radical (unpaired) electrons. The Labute approximate surface area is 114 Å². The van der Waals surface area contributed by atoms with Gasteiger partial charge in [-0.2, -0.15) is 0 Å². The Bertz CT molecular complexity index is 544. The van der Waals surface area contributed by atoms with Crippen molar-refractivity contribution < 1.29 is 19.6 Å². The molecule has 1 aromatic rings. The topological polar surface area (TPSA) is 136 Å². The van der Waals surface area contributed by atoms with Crippen molar-refractivity contribution in [2.75, 3.05) is 11.9 Å². The highest BCUT2D eigenvalue weighted by Crippen LogP contribution is 2.25. The lowest BCUT2D eigenvalue weighted by molar-refractivity contribution is -0.384. The van der Waals surface area contributed by atoms with Crippen molar-refractivity contribution >= 4 is 23.3 Å². The van der Waals surface area contributed by atoms with Crippen molar-refractivity contribution in [2.24, 2.45) is 11.7 Å². The highest BCUT2D eigenvalue weighted by Gasteiger charge is 2.19. The van der Waals surface area contributed by atoms with Crippen LogP contribution in [-0.4, -0.2) is 28.5 Å². The van der Waals surface area contributed by atoms with E-state index in [2.05, 4.69) is 5.32 Å². The summed E-state index contributed by atoms with van der Waals surface area (Å²) in [4.78, 5) is 32.2. The zero-order valence-corrected chi connectivity index (χ0v) is 10.8. The molecule has 0 aromatic heterocycles. The van der Waals surface area contributed by atoms with E-state index in [1.165, 1.54) is 12.1 Å². The number of primary amides is 1. The van der Waals surface area contributed by atoms with Crippen LogP contribution in [0.25, 0.3) is 0 Å². The van der Waals surface area contributed by atoms with Crippen LogP contribution in [0.1, 0.15) is 23.7 Å². The molecule has 1 rings (SSSR count). The molecule has 1 unspecified atom stereocenters. The van der Waals surface area contributed by atoms with Gasteiger partial charge in [-0.05, 0) is 18.6 Å². The summed E-state index contributed by atoms with van der Waals surface area (Å²) in [6.07, 6.45) is 0.398. The van der Waals surface area contributed by atoms with Gasteiger partial charge in [-0.3, -0.25) is 19.7 Å². The van der Waals surface area contributed by atoms with Gasteiger partial charge < -0.3 is 16.2 Å². The summed E-state index contributed by atoms with van der Waals surface area (Å²) in [5, 5.41) is 22.6. The van der Waals surface area contributed by atoms with Gasteiger partial charge in [0, 0.05) is 18.2 Å². The number of rotatable bonds is 7. The van der Waals surface area contributed by atoms with Gasteiger partial charge in [0.15, 0.2) is 0 Å². The Hall–Kier alpha value is -2.64. The maximum Gasteiger partial charge on any atom is 0.308 e. The molecule has 0 saturated heterocycles. The van der Waals surface area contributed by atoms with Gasteiger partial charge in [0.2, 0.25) is 5.91 Å². The van der Waals surface area contributed by atoms with Gasteiger partial charge in [0.1, 0.15) is 5.69 Å². The molecule has 1 amide bonds. The van der Waals surface area contributed by atoms with Crippen molar-refractivity contribution in [3.05, 3.63) is 33.9 Å². The summed E-state index contributed by atoms with van der Waals surface area (Å²) in [6, 6.07) is 3.75. The summed E-state index contributed by atoms with van der Waals surface area (Å²) in [7, 11) is 0. The van der Waals surface area contributed by atoms with E-state index in [0.717, 1.165) is 6.07 Å². The van der Waals surface area contributed by atoms with E-state index in [1.54, 1.807) is 6.92 Å². The molecular formula is C12H15N3O5. The monoisotopic (exact) mass is 281 g/mol. The Morgan fingerprint density at radius 3 is 2.60 bits per heavy atom. The number of nitrogens with zero attached hydrogens (tertiary/aromatic N) is 1. The molecule has 4 N–H and O–H groups in total. The maximum atomic E-state index is 11.0. The number of nitrogens with two attached hydrogens (primary N) is 1. The Kier molecular flexibility index (Phi) is 5.01. The van der Waals surface area contributed by atoms with E-state index in [9.17, 15) is 19.7 Å². The van der Waals surface area contributed by atoms with E-state index < -0.39 is 22.7 Å². The second kappa shape index (κ2) is 6.50. The normalized spacial score (nSPS) is 11.7. The number of anilines is 1. The van der Waals surface area contributed by atoms with Crippen LogP contribution in [-0.2, 0) is 4.79 Å². The summed E-state index contributed by atoms with van der Waals surface area (Å²) < 4.78 is 0. The fraction of sp³-hybridized carbons (Fsp3) is 0.333. The summed E-state index contributed by atoms with van der Waals surface area (Å²) >= 11 is 0. The van der Waals surface area contributed by atoms with E-state index in [-0.39, 0.29) is 23.5 Å². The molecule has 0 saturated carbocycles. The molecule has 0 aliphatic heterocycles. The third kappa shape index (κ3) is 3.67. The minimum absolute atomic E-state index is 0.0209. The average Bonchev–Trinajstić information content (AvgIpc) is 2.38. The first-order chi connectivity index (χ1) is 9.36. The number of benzene rings is 1. The molecule has 0 aliphatic carbocycles. The fourth-order valence-electron chi connectivity index (χ4n) is 1.62. The molecule has 0 fully saturated rings. The number of carbonyl (C=O) groups is 2. The Morgan fingerprint density at radius 2 is 2.15 bits per heavy atom. The average molecular weight is 281 g/mol. The smallest absolute Gasteiger partial charge is 0.308 e. The molecule has 8 nitrogen and oxygen atoms in total. The Balaban J connectivity index is 2.97. The van der Waals surface area contributed by atoms with Gasteiger partial charge in [-0.25, -0.2) is 0 Å². The lowest BCUT2D eigenvalue weighted by atomic mass is 10.1. The number of nitro benzene ring substituents is 1. The van der Waals surface area contributed by atoms with E-state index in [0.29, 0.717) is 6.42 Å². The number of amides is 1. The van der Waals surface area contributed by atoms with Gasteiger partial charge in [-0.1, -0.05) is 6.92 Å². The fourth-order valence-corrected chi connectivity index (χ4v) is 1.62. The third-order valence-corrected chi connectivity index (χ3v) is 2.86. The van der Waals surface area contributed by atoms with Gasteiger partial charge in [0.25, 0.3) is 5.69 Å². The lowest BCUT2D eigenvalue weighted by Crippen LogP contribution is -2.22. The molecule has 0 bridgehead atoms. The van der Waals surface area contributed by atoms with Crippen LogP contribution in [0.2, 0.25) is 0 Å². The SMILES string of the molecule is CCC(CNc1ccc(C(N)=O)cc1[N+](=O)[O-])C(=O)O. The number of hydrogen-bond donors (Lipinski definition) is 3. The second-order valence-corrected chi connectivity index (χ2v) is 4.18. The van der Waals surface area contributed by atoms with Crippen molar-refractivity contribution in [3.63, 3.8) is 0 Å². The van der Waals surface area contributed by atoms with Crippen molar-refractivity contribution in [3.8, 4) is 0 Å². The lowest BCUT2D eigenvalue weighted by Gasteiger charge is -2.12.